The summed E-state index contributed by atoms with van der Waals surface area (Å²) in [6.45, 7) is 6.72. The highest BCUT2D eigenvalue weighted by atomic mass is 16.5. The third-order valence-electron chi connectivity index (χ3n) is 6.32. The number of imidazole rings is 1. The van der Waals surface area contributed by atoms with Gasteiger partial charge in [-0.3, -0.25) is 4.79 Å². The molecule has 1 saturated heterocycles. The second-order valence-corrected chi connectivity index (χ2v) is 9.10. The number of nitrogens with zero attached hydrogens (tertiary/aromatic N) is 2. The molecule has 1 aliphatic rings. The monoisotopic (exact) mass is 433 g/mol. The minimum Gasteiger partial charge on any atom is -0.368 e. The number of hydrogen-bond acceptors (Lipinski definition) is 3. The Morgan fingerprint density at radius 3 is 2.69 bits per heavy atom. The Kier molecular flexibility index (Phi) is 7.59. The van der Waals surface area contributed by atoms with Gasteiger partial charge in [0.15, 0.2) is 0 Å². The largest absolute Gasteiger partial charge is 0.368 e. The Morgan fingerprint density at radius 2 is 1.94 bits per heavy atom. The average molecular weight is 434 g/mol. The Bertz CT molecular complexity index is 1020. The Balaban J connectivity index is 1.33. The van der Waals surface area contributed by atoms with Crippen molar-refractivity contribution in [3.63, 3.8) is 0 Å². The van der Waals surface area contributed by atoms with Gasteiger partial charge in [-0.25, -0.2) is 4.98 Å². The molecule has 1 fully saturated rings. The van der Waals surface area contributed by atoms with Gasteiger partial charge >= 0.3 is 0 Å². The lowest BCUT2D eigenvalue weighted by Crippen LogP contribution is -2.34. The summed E-state index contributed by atoms with van der Waals surface area (Å²) in [5.41, 5.74) is 4.93. The molecule has 1 amide bonds. The molecular formula is C27H35N3O2. The number of fused-ring (bicyclic) bond motifs is 1. The first-order valence-electron chi connectivity index (χ1n) is 12.0. The SMILES string of the molecule is CC(C)c1ccc(Cn2c(CCCCCNC(=O)C3CCCO3)nc3ccccc32)cc1. The summed E-state index contributed by atoms with van der Waals surface area (Å²) in [6, 6.07) is 17.4. The van der Waals surface area contributed by atoms with E-state index < -0.39 is 0 Å². The third kappa shape index (κ3) is 5.57. The minimum atomic E-state index is -0.232. The second kappa shape index (κ2) is 10.8. The number of benzene rings is 2. The van der Waals surface area contributed by atoms with E-state index >= 15 is 0 Å². The van der Waals surface area contributed by atoms with Gasteiger partial charge in [0.25, 0.3) is 0 Å². The second-order valence-electron chi connectivity index (χ2n) is 9.10. The lowest BCUT2D eigenvalue weighted by molar-refractivity contribution is -0.130. The van der Waals surface area contributed by atoms with Gasteiger partial charge in [0, 0.05) is 26.1 Å². The highest BCUT2D eigenvalue weighted by Crippen LogP contribution is 2.21. The Hall–Kier alpha value is -2.66. The lowest BCUT2D eigenvalue weighted by atomic mass is 10.0. The van der Waals surface area contributed by atoms with Crippen LogP contribution in [0, 0.1) is 0 Å². The topological polar surface area (TPSA) is 56.2 Å². The molecule has 1 N–H and O–H groups in total. The van der Waals surface area contributed by atoms with Crippen molar-refractivity contribution >= 4 is 16.9 Å². The number of rotatable bonds is 10. The zero-order valence-corrected chi connectivity index (χ0v) is 19.3. The van der Waals surface area contributed by atoms with Gasteiger partial charge < -0.3 is 14.6 Å². The number of aromatic nitrogens is 2. The molecule has 5 heteroatoms. The smallest absolute Gasteiger partial charge is 0.249 e. The number of amides is 1. The van der Waals surface area contributed by atoms with Gasteiger partial charge in [-0.05, 0) is 54.9 Å². The van der Waals surface area contributed by atoms with E-state index in [1.165, 1.54) is 16.6 Å². The van der Waals surface area contributed by atoms with E-state index in [0.717, 1.165) is 63.0 Å². The lowest BCUT2D eigenvalue weighted by Gasteiger charge is -2.12. The van der Waals surface area contributed by atoms with Crippen LogP contribution in [0.5, 0.6) is 0 Å². The van der Waals surface area contributed by atoms with Crippen molar-refractivity contribution in [1.82, 2.24) is 14.9 Å². The van der Waals surface area contributed by atoms with E-state index in [-0.39, 0.29) is 12.0 Å². The molecule has 2 aromatic carbocycles. The van der Waals surface area contributed by atoms with Gasteiger partial charge in [0.2, 0.25) is 5.91 Å². The van der Waals surface area contributed by atoms with Crippen LogP contribution in [0.25, 0.3) is 11.0 Å². The Morgan fingerprint density at radius 1 is 1.12 bits per heavy atom. The van der Waals surface area contributed by atoms with Gasteiger partial charge in [0.1, 0.15) is 11.9 Å². The number of carbonyl (C=O) groups is 1. The fourth-order valence-corrected chi connectivity index (χ4v) is 4.38. The summed E-state index contributed by atoms with van der Waals surface area (Å²) >= 11 is 0. The maximum atomic E-state index is 12.0. The predicted octanol–water partition coefficient (Wildman–Crippen LogP) is 5.22. The van der Waals surface area contributed by atoms with Crippen LogP contribution >= 0.6 is 0 Å². The Labute approximate surface area is 191 Å². The molecule has 0 spiro atoms. The van der Waals surface area contributed by atoms with Gasteiger partial charge in [0.05, 0.1) is 11.0 Å². The highest BCUT2D eigenvalue weighted by Gasteiger charge is 2.22. The van der Waals surface area contributed by atoms with Gasteiger partial charge in [-0.15, -0.1) is 0 Å². The van der Waals surface area contributed by atoms with Crippen molar-refractivity contribution in [2.45, 2.75) is 70.9 Å². The molecule has 2 heterocycles. The molecule has 0 saturated carbocycles. The number of para-hydroxylation sites is 2. The summed E-state index contributed by atoms with van der Waals surface area (Å²) in [7, 11) is 0. The summed E-state index contributed by atoms with van der Waals surface area (Å²) in [5.74, 6) is 1.74. The molecule has 32 heavy (non-hydrogen) atoms. The molecule has 0 bridgehead atoms. The van der Waals surface area contributed by atoms with Gasteiger partial charge in [-0.1, -0.05) is 56.7 Å². The molecule has 1 aliphatic heterocycles. The van der Waals surface area contributed by atoms with Crippen LogP contribution in [0.1, 0.15) is 68.8 Å². The van der Waals surface area contributed by atoms with Crippen LogP contribution in [0.4, 0.5) is 0 Å². The van der Waals surface area contributed by atoms with E-state index in [4.69, 9.17) is 9.72 Å². The van der Waals surface area contributed by atoms with Crippen LogP contribution in [-0.2, 0) is 22.5 Å². The molecule has 1 aromatic heterocycles. The standard InChI is InChI=1S/C27H35N3O2/c1-20(2)22-15-13-21(14-16-22)19-30-24-10-6-5-9-23(24)29-26(30)12-4-3-7-17-28-27(31)25-11-8-18-32-25/h5-6,9-10,13-16,20,25H,3-4,7-8,11-12,17-19H2,1-2H3,(H,28,31). The summed E-state index contributed by atoms with van der Waals surface area (Å²) in [6.07, 6.45) is 5.66. The minimum absolute atomic E-state index is 0.0489. The summed E-state index contributed by atoms with van der Waals surface area (Å²) < 4.78 is 7.80. The van der Waals surface area contributed by atoms with Crippen LogP contribution < -0.4 is 5.32 Å². The first-order chi connectivity index (χ1) is 15.6. The maximum Gasteiger partial charge on any atom is 0.249 e. The quantitative estimate of drug-likeness (QED) is 0.446. The van der Waals surface area contributed by atoms with Crippen LogP contribution in [0.3, 0.4) is 0 Å². The molecule has 3 aromatic rings. The van der Waals surface area contributed by atoms with E-state index in [1.807, 2.05) is 0 Å². The van der Waals surface area contributed by atoms with E-state index in [0.29, 0.717) is 12.5 Å². The van der Waals surface area contributed by atoms with Crippen molar-refractivity contribution in [3.8, 4) is 0 Å². The number of ether oxygens (including phenoxy) is 1. The zero-order chi connectivity index (χ0) is 22.3. The van der Waals surface area contributed by atoms with Crippen molar-refractivity contribution in [3.05, 3.63) is 65.5 Å². The molecule has 0 aliphatic carbocycles. The molecule has 1 atom stereocenters. The highest BCUT2D eigenvalue weighted by molar-refractivity contribution is 5.80. The molecular weight excluding hydrogens is 398 g/mol. The number of nitrogens with one attached hydrogen (secondary N) is 1. The molecule has 170 valence electrons. The molecule has 0 radical (unpaired) electrons. The number of unbranched alkanes of at least 4 members (excludes halogenated alkanes) is 2. The molecule has 5 nitrogen and oxygen atoms in total. The van der Waals surface area contributed by atoms with Crippen LogP contribution in [0.2, 0.25) is 0 Å². The molecule has 4 rings (SSSR count). The van der Waals surface area contributed by atoms with E-state index in [2.05, 4.69) is 72.3 Å². The fraction of sp³-hybridized carbons (Fsp3) is 0.481. The van der Waals surface area contributed by atoms with Crippen LogP contribution in [-0.4, -0.2) is 34.7 Å². The number of aryl methyl sites for hydroxylation is 1. The van der Waals surface area contributed by atoms with Crippen LogP contribution in [0.15, 0.2) is 48.5 Å². The molecule has 1 unspecified atom stereocenters. The van der Waals surface area contributed by atoms with Crippen molar-refractivity contribution < 1.29 is 9.53 Å². The maximum absolute atomic E-state index is 12.0. The average Bonchev–Trinajstić information content (AvgIpc) is 3.45. The summed E-state index contributed by atoms with van der Waals surface area (Å²) in [5, 5.41) is 3.02. The summed E-state index contributed by atoms with van der Waals surface area (Å²) in [4.78, 5) is 17.0. The van der Waals surface area contributed by atoms with Crippen molar-refractivity contribution in [2.75, 3.05) is 13.2 Å². The third-order valence-corrected chi connectivity index (χ3v) is 6.32. The fourth-order valence-electron chi connectivity index (χ4n) is 4.38. The first kappa shape index (κ1) is 22.5. The van der Waals surface area contributed by atoms with Crippen molar-refractivity contribution in [2.24, 2.45) is 0 Å². The number of hydrogen-bond donors (Lipinski definition) is 1. The van der Waals surface area contributed by atoms with E-state index in [9.17, 15) is 4.79 Å². The first-order valence-corrected chi connectivity index (χ1v) is 12.0. The predicted molar refractivity (Wildman–Crippen MR) is 129 cm³/mol. The normalized spacial score (nSPS) is 16.2. The van der Waals surface area contributed by atoms with Gasteiger partial charge in [-0.2, -0.15) is 0 Å². The zero-order valence-electron chi connectivity index (χ0n) is 19.3. The van der Waals surface area contributed by atoms with Crippen molar-refractivity contribution in [1.29, 1.82) is 0 Å². The number of carbonyl (C=O) groups excluding carboxylic acids is 1. The van der Waals surface area contributed by atoms with E-state index in [1.54, 1.807) is 0 Å².